The third-order valence-corrected chi connectivity index (χ3v) is 2.80. The van der Waals surface area contributed by atoms with E-state index in [0.717, 1.165) is 12.8 Å². The number of unbranched alkanes of at least 4 members (excludes halogenated alkanes) is 3. The molecule has 0 saturated heterocycles. The molecule has 0 radical (unpaired) electrons. The number of benzene rings is 1. The van der Waals surface area contributed by atoms with Gasteiger partial charge in [-0.1, -0.05) is 26.2 Å². The Balaban J connectivity index is 0.000000382. The fraction of sp³-hybridized carbons (Fsp3) is 0.533. The Labute approximate surface area is 124 Å². The molecule has 21 heavy (non-hydrogen) atoms. The second-order valence-corrected chi connectivity index (χ2v) is 4.69. The highest BCUT2D eigenvalue weighted by Crippen LogP contribution is 2.09. The minimum atomic E-state index is -0.986. The van der Waals surface area contributed by atoms with Crippen LogP contribution < -0.4 is 0 Å². The average molecular weight is 297 g/mol. The summed E-state index contributed by atoms with van der Waals surface area (Å²) in [7, 11) is 0. The molecule has 1 atom stereocenters. The normalized spacial score (nSPS) is 11.0. The standard InChI is InChI=1S/C8H17NO2.C7H6O3/c1-3-4-5-6-7-8(2)11-9-10;8-6-3-1-5(2-4-6)7(9)10/h8H,3-7H2,1-2H3;1-4,8H,(H,9,10). The Hall–Kier alpha value is -2.11. The molecule has 6 heteroatoms. The van der Waals surface area contributed by atoms with E-state index in [4.69, 9.17) is 10.2 Å². The van der Waals surface area contributed by atoms with Crippen molar-refractivity contribution in [1.29, 1.82) is 0 Å². The summed E-state index contributed by atoms with van der Waals surface area (Å²) >= 11 is 0. The van der Waals surface area contributed by atoms with Gasteiger partial charge in [-0.25, -0.2) is 4.79 Å². The number of nitrogens with zero attached hydrogens (tertiary/aromatic N) is 1. The molecule has 6 nitrogen and oxygen atoms in total. The lowest BCUT2D eigenvalue weighted by atomic mass is 10.1. The molecule has 0 bridgehead atoms. The molecule has 0 aliphatic heterocycles. The Morgan fingerprint density at radius 1 is 1.24 bits per heavy atom. The molecule has 0 saturated carbocycles. The summed E-state index contributed by atoms with van der Waals surface area (Å²) in [4.78, 5) is 24.4. The van der Waals surface area contributed by atoms with Gasteiger partial charge in [-0.05, 0) is 44.0 Å². The number of phenols is 1. The number of hydrogen-bond acceptors (Lipinski definition) is 5. The first-order chi connectivity index (χ1) is 10.0. The maximum absolute atomic E-state index is 10.2. The molecule has 2 N–H and O–H groups in total. The quantitative estimate of drug-likeness (QED) is 0.427. The first kappa shape index (κ1) is 18.9. The summed E-state index contributed by atoms with van der Waals surface area (Å²) in [5, 5.41) is 19.5. The van der Waals surface area contributed by atoms with Crippen LogP contribution in [0.1, 0.15) is 56.3 Å². The molecule has 0 amide bonds. The predicted molar refractivity (Wildman–Crippen MR) is 80.2 cm³/mol. The molecular weight excluding hydrogens is 274 g/mol. The van der Waals surface area contributed by atoms with Crippen LogP contribution in [0.2, 0.25) is 0 Å². The number of carboxylic acids is 1. The van der Waals surface area contributed by atoms with Crippen molar-refractivity contribution >= 4 is 5.97 Å². The van der Waals surface area contributed by atoms with Gasteiger partial charge in [0, 0.05) is 0 Å². The lowest BCUT2D eigenvalue weighted by Gasteiger charge is -2.05. The topological polar surface area (TPSA) is 96.2 Å². The molecule has 0 spiro atoms. The molecule has 1 rings (SSSR count). The van der Waals surface area contributed by atoms with Gasteiger partial charge >= 0.3 is 5.97 Å². The van der Waals surface area contributed by atoms with Crippen LogP contribution >= 0.6 is 0 Å². The van der Waals surface area contributed by atoms with Crippen LogP contribution in [0.5, 0.6) is 5.75 Å². The van der Waals surface area contributed by atoms with Crippen LogP contribution in [-0.2, 0) is 4.84 Å². The second-order valence-electron chi connectivity index (χ2n) is 4.69. The number of rotatable bonds is 8. The minimum absolute atomic E-state index is 0.00986. The molecule has 1 aromatic rings. The highest BCUT2D eigenvalue weighted by atomic mass is 16.7. The van der Waals surface area contributed by atoms with Crippen LogP contribution in [0.25, 0.3) is 0 Å². The molecule has 0 aliphatic rings. The van der Waals surface area contributed by atoms with Crippen molar-refractivity contribution < 1.29 is 19.8 Å². The van der Waals surface area contributed by atoms with Crippen LogP contribution in [0.15, 0.2) is 29.6 Å². The summed E-state index contributed by atoms with van der Waals surface area (Å²) < 4.78 is 0. The van der Waals surface area contributed by atoms with Gasteiger partial charge in [-0.3, -0.25) is 0 Å². The fourth-order valence-corrected chi connectivity index (χ4v) is 1.59. The second kappa shape index (κ2) is 11.7. The Morgan fingerprint density at radius 3 is 2.33 bits per heavy atom. The van der Waals surface area contributed by atoms with Crippen molar-refractivity contribution in [2.75, 3.05) is 0 Å². The van der Waals surface area contributed by atoms with E-state index >= 15 is 0 Å². The van der Waals surface area contributed by atoms with E-state index in [2.05, 4.69) is 17.1 Å². The maximum Gasteiger partial charge on any atom is 0.335 e. The predicted octanol–water partition coefficient (Wildman–Crippen LogP) is 4.13. The first-order valence-corrected chi connectivity index (χ1v) is 7.02. The monoisotopic (exact) mass is 297 g/mol. The highest BCUT2D eigenvalue weighted by Gasteiger charge is 2.01. The summed E-state index contributed by atoms with van der Waals surface area (Å²) in [6.45, 7) is 4.04. The van der Waals surface area contributed by atoms with Crippen LogP contribution in [-0.4, -0.2) is 22.3 Å². The van der Waals surface area contributed by atoms with Crippen molar-refractivity contribution in [3.8, 4) is 5.75 Å². The van der Waals surface area contributed by atoms with Crippen LogP contribution in [0, 0.1) is 4.91 Å². The van der Waals surface area contributed by atoms with Crippen molar-refractivity contribution in [2.45, 2.75) is 52.1 Å². The van der Waals surface area contributed by atoms with Gasteiger partial charge in [0.15, 0.2) is 5.34 Å². The van der Waals surface area contributed by atoms with Gasteiger partial charge in [0.05, 0.1) is 5.56 Å². The maximum atomic E-state index is 10.2. The van der Waals surface area contributed by atoms with Crippen molar-refractivity contribution in [1.82, 2.24) is 0 Å². The van der Waals surface area contributed by atoms with E-state index in [1.807, 2.05) is 6.92 Å². The zero-order valence-corrected chi connectivity index (χ0v) is 12.5. The van der Waals surface area contributed by atoms with E-state index in [0.29, 0.717) is 0 Å². The van der Waals surface area contributed by atoms with Gasteiger partial charge in [0.25, 0.3) is 0 Å². The van der Waals surface area contributed by atoms with Crippen LogP contribution in [0.3, 0.4) is 0 Å². The smallest absolute Gasteiger partial charge is 0.335 e. The van der Waals surface area contributed by atoms with E-state index < -0.39 is 5.97 Å². The summed E-state index contributed by atoms with van der Waals surface area (Å²) in [5.74, 6) is -0.912. The molecule has 118 valence electrons. The van der Waals surface area contributed by atoms with Crippen molar-refractivity contribution in [2.24, 2.45) is 5.34 Å². The number of aromatic hydroxyl groups is 1. The number of phenolic OH excluding ortho intramolecular Hbond substituents is 1. The van der Waals surface area contributed by atoms with E-state index in [1.165, 1.54) is 43.5 Å². The van der Waals surface area contributed by atoms with Gasteiger partial charge in [0.1, 0.15) is 11.9 Å². The molecule has 1 unspecified atom stereocenters. The van der Waals surface area contributed by atoms with Gasteiger partial charge in [0.2, 0.25) is 0 Å². The summed E-state index contributed by atoms with van der Waals surface area (Å²) in [5.41, 5.74) is 0.179. The Bertz CT molecular complexity index is 405. The van der Waals surface area contributed by atoms with Gasteiger partial charge in [-0.15, -0.1) is 4.91 Å². The SMILES string of the molecule is CCCCCCC(C)ON=O.O=C(O)c1ccc(O)cc1. The summed E-state index contributed by atoms with van der Waals surface area (Å²) in [6.07, 6.45) is 5.78. The third kappa shape index (κ3) is 10.4. The fourth-order valence-electron chi connectivity index (χ4n) is 1.59. The average Bonchev–Trinajstić information content (AvgIpc) is 2.45. The van der Waals surface area contributed by atoms with Crippen molar-refractivity contribution in [3.63, 3.8) is 0 Å². The largest absolute Gasteiger partial charge is 0.508 e. The number of hydrogen-bond donors (Lipinski definition) is 2. The minimum Gasteiger partial charge on any atom is -0.508 e. The highest BCUT2D eigenvalue weighted by molar-refractivity contribution is 5.87. The van der Waals surface area contributed by atoms with E-state index in [1.54, 1.807) is 0 Å². The van der Waals surface area contributed by atoms with Gasteiger partial charge in [-0.2, -0.15) is 0 Å². The number of aromatic carboxylic acids is 1. The molecular formula is C15H23NO5. The number of carboxylic acid groups (broad SMARTS) is 1. The Kier molecular flexibility index (Phi) is 10.5. The van der Waals surface area contributed by atoms with Crippen molar-refractivity contribution in [3.05, 3.63) is 34.7 Å². The molecule has 1 aromatic carbocycles. The lowest BCUT2D eigenvalue weighted by Crippen LogP contribution is -2.02. The van der Waals surface area contributed by atoms with E-state index in [9.17, 15) is 9.70 Å². The number of carbonyl (C=O) groups is 1. The molecule has 0 aromatic heterocycles. The molecule has 0 heterocycles. The first-order valence-electron chi connectivity index (χ1n) is 7.02. The molecule has 0 aliphatic carbocycles. The zero-order valence-electron chi connectivity index (χ0n) is 12.5. The van der Waals surface area contributed by atoms with Crippen LogP contribution in [0.4, 0.5) is 0 Å². The Morgan fingerprint density at radius 2 is 1.86 bits per heavy atom. The lowest BCUT2D eigenvalue weighted by molar-refractivity contribution is 0.0607. The molecule has 0 fully saturated rings. The zero-order chi connectivity index (χ0) is 16.1. The summed E-state index contributed by atoms with van der Waals surface area (Å²) in [6, 6.07) is 5.36. The van der Waals surface area contributed by atoms with E-state index in [-0.39, 0.29) is 17.4 Å². The van der Waals surface area contributed by atoms with Gasteiger partial charge < -0.3 is 15.1 Å². The third-order valence-electron chi connectivity index (χ3n) is 2.80.